The Morgan fingerprint density at radius 1 is 1.21 bits per heavy atom. The largest absolute Gasteiger partial charge is 0.358 e. The van der Waals surface area contributed by atoms with E-state index in [1.165, 1.54) is 25.9 Å². The van der Waals surface area contributed by atoms with E-state index in [1.54, 1.807) is 0 Å². The average Bonchev–Trinajstić information content (AvgIpc) is 2.53. The summed E-state index contributed by atoms with van der Waals surface area (Å²) < 4.78 is 5.80. The minimum atomic E-state index is 0.168. The molecule has 2 fully saturated rings. The Balaban J connectivity index is 1.92. The molecule has 2 aliphatic heterocycles. The van der Waals surface area contributed by atoms with Crippen LogP contribution < -0.4 is 5.32 Å². The first-order chi connectivity index (χ1) is 6.52. The van der Waals surface area contributed by atoms with Gasteiger partial charge in [-0.05, 0) is 33.6 Å². The number of nitrogens with one attached hydrogen (secondary N) is 1. The standard InChI is InChI=1S/C11H22N2O/c1-10(2,3)13-6-4-11(5-7-13)8-12-9-14-11/h12H,4-9H2,1-3H3. The molecule has 0 amide bonds. The lowest BCUT2D eigenvalue weighted by molar-refractivity contribution is -0.0527. The van der Waals surface area contributed by atoms with Gasteiger partial charge in [0.15, 0.2) is 0 Å². The van der Waals surface area contributed by atoms with E-state index in [0.717, 1.165) is 13.3 Å². The molecule has 1 N–H and O–H groups in total. The van der Waals surface area contributed by atoms with E-state index < -0.39 is 0 Å². The lowest BCUT2D eigenvalue weighted by Gasteiger charge is -2.44. The number of nitrogens with zero attached hydrogens (tertiary/aromatic N) is 1. The van der Waals surface area contributed by atoms with E-state index in [4.69, 9.17) is 4.74 Å². The van der Waals surface area contributed by atoms with Gasteiger partial charge in [0.25, 0.3) is 0 Å². The Labute approximate surface area is 86.8 Å². The van der Waals surface area contributed by atoms with Crippen LogP contribution in [-0.2, 0) is 4.74 Å². The molecule has 3 nitrogen and oxygen atoms in total. The van der Waals surface area contributed by atoms with Gasteiger partial charge in [-0.2, -0.15) is 0 Å². The summed E-state index contributed by atoms with van der Waals surface area (Å²) in [5.74, 6) is 0. The van der Waals surface area contributed by atoms with Gasteiger partial charge in [-0.15, -0.1) is 0 Å². The van der Waals surface area contributed by atoms with Crippen LogP contribution in [0, 0.1) is 0 Å². The van der Waals surface area contributed by atoms with Crippen LogP contribution in [0.2, 0.25) is 0 Å². The summed E-state index contributed by atoms with van der Waals surface area (Å²) in [5, 5.41) is 3.30. The monoisotopic (exact) mass is 198 g/mol. The second kappa shape index (κ2) is 3.47. The third kappa shape index (κ3) is 1.95. The van der Waals surface area contributed by atoms with Gasteiger partial charge >= 0.3 is 0 Å². The molecule has 0 saturated carbocycles. The fourth-order valence-electron chi connectivity index (χ4n) is 2.44. The van der Waals surface area contributed by atoms with Crippen LogP contribution in [0.5, 0.6) is 0 Å². The van der Waals surface area contributed by atoms with Crippen molar-refractivity contribution in [3.63, 3.8) is 0 Å². The lowest BCUT2D eigenvalue weighted by Crippen LogP contribution is -2.52. The summed E-state index contributed by atoms with van der Waals surface area (Å²) >= 11 is 0. The van der Waals surface area contributed by atoms with Crippen LogP contribution in [-0.4, -0.2) is 42.4 Å². The second-order valence-corrected chi connectivity index (χ2v) is 5.56. The summed E-state index contributed by atoms with van der Waals surface area (Å²) in [7, 11) is 0. The number of piperidine rings is 1. The van der Waals surface area contributed by atoms with Crippen molar-refractivity contribution in [3.8, 4) is 0 Å². The van der Waals surface area contributed by atoms with Crippen LogP contribution in [0.25, 0.3) is 0 Å². The highest BCUT2D eigenvalue weighted by Gasteiger charge is 2.40. The Bertz CT molecular complexity index is 194. The van der Waals surface area contributed by atoms with Crippen LogP contribution in [0.1, 0.15) is 33.6 Å². The minimum Gasteiger partial charge on any atom is -0.358 e. The molecule has 0 aliphatic carbocycles. The van der Waals surface area contributed by atoms with Crippen molar-refractivity contribution >= 4 is 0 Å². The van der Waals surface area contributed by atoms with Gasteiger partial charge in [-0.3, -0.25) is 10.2 Å². The molecule has 0 aromatic heterocycles. The van der Waals surface area contributed by atoms with Crippen LogP contribution >= 0.6 is 0 Å². The second-order valence-electron chi connectivity index (χ2n) is 5.56. The Kier molecular flexibility index (Phi) is 2.58. The molecule has 0 aromatic rings. The van der Waals surface area contributed by atoms with E-state index in [0.29, 0.717) is 5.54 Å². The summed E-state index contributed by atoms with van der Waals surface area (Å²) in [5.41, 5.74) is 0.482. The van der Waals surface area contributed by atoms with Gasteiger partial charge in [0.2, 0.25) is 0 Å². The third-order valence-electron chi connectivity index (χ3n) is 3.55. The van der Waals surface area contributed by atoms with Crippen molar-refractivity contribution in [3.05, 3.63) is 0 Å². The highest BCUT2D eigenvalue weighted by molar-refractivity contribution is 4.94. The number of hydrogen-bond donors (Lipinski definition) is 1. The summed E-state index contributed by atoms with van der Waals surface area (Å²) in [6.07, 6.45) is 2.36. The number of ether oxygens (including phenoxy) is 1. The molecule has 0 radical (unpaired) electrons. The maximum atomic E-state index is 5.80. The van der Waals surface area contributed by atoms with Crippen molar-refractivity contribution in [2.45, 2.75) is 44.8 Å². The zero-order valence-corrected chi connectivity index (χ0v) is 9.60. The Morgan fingerprint density at radius 2 is 1.86 bits per heavy atom. The zero-order chi connectivity index (χ0) is 10.2. The molecule has 2 aliphatic rings. The molecule has 0 atom stereocenters. The van der Waals surface area contributed by atoms with Gasteiger partial charge in [-0.1, -0.05) is 0 Å². The predicted molar refractivity (Wildman–Crippen MR) is 57.2 cm³/mol. The molecule has 14 heavy (non-hydrogen) atoms. The van der Waals surface area contributed by atoms with Crippen molar-refractivity contribution < 1.29 is 4.74 Å². The quantitative estimate of drug-likeness (QED) is 0.633. The maximum absolute atomic E-state index is 5.80. The highest BCUT2D eigenvalue weighted by Crippen LogP contribution is 2.31. The zero-order valence-electron chi connectivity index (χ0n) is 9.60. The molecule has 2 saturated heterocycles. The molecular formula is C11H22N2O. The van der Waals surface area contributed by atoms with Gasteiger partial charge in [0.05, 0.1) is 12.3 Å². The van der Waals surface area contributed by atoms with Crippen LogP contribution in [0.3, 0.4) is 0 Å². The molecule has 0 unspecified atom stereocenters. The van der Waals surface area contributed by atoms with Crippen LogP contribution in [0.4, 0.5) is 0 Å². The predicted octanol–water partition coefficient (Wildman–Crippen LogP) is 1.20. The van der Waals surface area contributed by atoms with Crippen molar-refractivity contribution in [2.24, 2.45) is 0 Å². The first-order valence-electron chi connectivity index (χ1n) is 5.62. The SMILES string of the molecule is CC(C)(C)N1CCC2(CC1)CNCO2. The number of likely N-dealkylation sites (tertiary alicyclic amines) is 1. The van der Waals surface area contributed by atoms with Gasteiger partial charge in [-0.25, -0.2) is 0 Å². The average molecular weight is 198 g/mol. The first kappa shape index (κ1) is 10.4. The van der Waals surface area contributed by atoms with E-state index in [9.17, 15) is 0 Å². The summed E-state index contributed by atoms with van der Waals surface area (Å²) in [4.78, 5) is 2.56. The van der Waals surface area contributed by atoms with Gasteiger partial charge in [0, 0.05) is 25.2 Å². The van der Waals surface area contributed by atoms with E-state index >= 15 is 0 Å². The van der Waals surface area contributed by atoms with E-state index in [1.807, 2.05) is 0 Å². The molecule has 0 bridgehead atoms. The third-order valence-corrected chi connectivity index (χ3v) is 3.55. The molecule has 0 aromatic carbocycles. The minimum absolute atomic E-state index is 0.168. The van der Waals surface area contributed by atoms with Crippen molar-refractivity contribution in [1.82, 2.24) is 10.2 Å². The first-order valence-corrected chi connectivity index (χ1v) is 5.62. The molecular weight excluding hydrogens is 176 g/mol. The van der Waals surface area contributed by atoms with Gasteiger partial charge < -0.3 is 4.74 Å². The van der Waals surface area contributed by atoms with E-state index in [-0.39, 0.29) is 5.60 Å². The van der Waals surface area contributed by atoms with Crippen molar-refractivity contribution in [1.29, 1.82) is 0 Å². The fraction of sp³-hybridized carbons (Fsp3) is 1.00. The Hall–Kier alpha value is -0.120. The fourth-order valence-corrected chi connectivity index (χ4v) is 2.44. The van der Waals surface area contributed by atoms with Crippen molar-refractivity contribution in [2.75, 3.05) is 26.4 Å². The molecule has 2 heterocycles. The topological polar surface area (TPSA) is 24.5 Å². The summed E-state index contributed by atoms with van der Waals surface area (Å²) in [6.45, 7) is 11.0. The number of rotatable bonds is 0. The number of hydrogen-bond acceptors (Lipinski definition) is 3. The van der Waals surface area contributed by atoms with Gasteiger partial charge in [0.1, 0.15) is 0 Å². The molecule has 2 rings (SSSR count). The maximum Gasteiger partial charge on any atom is 0.0974 e. The van der Waals surface area contributed by atoms with E-state index in [2.05, 4.69) is 31.0 Å². The highest BCUT2D eigenvalue weighted by atomic mass is 16.5. The molecule has 82 valence electrons. The normalized spacial score (nSPS) is 28.5. The molecule has 1 spiro atoms. The molecule has 3 heteroatoms. The lowest BCUT2D eigenvalue weighted by atomic mass is 9.89. The Morgan fingerprint density at radius 3 is 2.29 bits per heavy atom. The smallest absolute Gasteiger partial charge is 0.0974 e. The van der Waals surface area contributed by atoms with Crippen LogP contribution in [0.15, 0.2) is 0 Å². The summed E-state index contributed by atoms with van der Waals surface area (Å²) in [6, 6.07) is 0.